The molecule has 0 saturated heterocycles. The summed E-state index contributed by atoms with van der Waals surface area (Å²) >= 11 is 1.23. The Bertz CT molecular complexity index is 1380. The zero-order valence-electron chi connectivity index (χ0n) is 18.0. The molecule has 0 aliphatic carbocycles. The summed E-state index contributed by atoms with van der Waals surface area (Å²) < 4.78 is 12.7. The van der Waals surface area contributed by atoms with Gasteiger partial charge < -0.3 is 19.8 Å². The summed E-state index contributed by atoms with van der Waals surface area (Å²) in [4.78, 5) is 33.5. The summed E-state index contributed by atoms with van der Waals surface area (Å²) in [6.45, 7) is 3.33. The lowest BCUT2D eigenvalue weighted by Crippen LogP contribution is -2.23. The van der Waals surface area contributed by atoms with Gasteiger partial charge in [0, 0.05) is 30.1 Å². The third kappa shape index (κ3) is 4.19. The van der Waals surface area contributed by atoms with Crippen LogP contribution in [0.5, 0.6) is 11.5 Å². The number of benzene rings is 2. The van der Waals surface area contributed by atoms with E-state index in [-0.39, 0.29) is 17.2 Å². The first-order valence-corrected chi connectivity index (χ1v) is 11.6. The Morgan fingerprint density at radius 1 is 1.15 bits per heavy atom. The lowest BCUT2D eigenvalue weighted by Gasteiger charge is -2.19. The van der Waals surface area contributed by atoms with Gasteiger partial charge >= 0.3 is 0 Å². The first-order valence-electron chi connectivity index (χ1n) is 10.6. The second kappa shape index (κ2) is 9.03. The molecule has 8 nitrogen and oxygen atoms in total. The zero-order valence-corrected chi connectivity index (χ0v) is 18.8. The Kier molecular flexibility index (Phi) is 5.78. The molecule has 0 saturated carbocycles. The summed E-state index contributed by atoms with van der Waals surface area (Å²) in [6.07, 6.45) is 1.80. The van der Waals surface area contributed by atoms with Gasteiger partial charge in [0.05, 0.1) is 5.75 Å². The number of aromatic amines is 1. The Morgan fingerprint density at radius 3 is 2.73 bits per heavy atom. The van der Waals surface area contributed by atoms with Crippen LogP contribution in [0.2, 0.25) is 0 Å². The summed E-state index contributed by atoms with van der Waals surface area (Å²) in [5, 5.41) is 3.37. The van der Waals surface area contributed by atoms with Gasteiger partial charge in [0.2, 0.25) is 5.91 Å². The molecule has 1 aliphatic rings. The number of H-pyrrole nitrogens is 1. The Morgan fingerprint density at radius 2 is 1.94 bits per heavy atom. The molecule has 9 heteroatoms. The first kappa shape index (κ1) is 21.1. The number of aromatic nitrogens is 3. The van der Waals surface area contributed by atoms with E-state index in [0.717, 1.165) is 11.1 Å². The minimum Gasteiger partial charge on any atom is -0.486 e. The van der Waals surface area contributed by atoms with Crippen molar-refractivity contribution < 1.29 is 14.3 Å². The van der Waals surface area contributed by atoms with E-state index in [9.17, 15) is 9.59 Å². The van der Waals surface area contributed by atoms with Crippen molar-refractivity contribution in [1.29, 1.82) is 0 Å². The van der Waals surface area contributed by atoms with Crippen LogP contribution in [0.15, 0.2) is 64.7 Å². The summed E-state index contributed by atoms with van der Waals surface area (Å²) in [7, 11) is 0. The predicted octanol–water partition coefficient (Wildman–Crippen LogP) is 3.91. The van der Waals surface area contributed by atoms with Gasteiger partial charge in [-0.25, -0.2) is 4.98 Å². The fraction of sp³-hybridized carbons (Fsp3) is 0.208. The SMILES string of the molecule is CCn1c(SCC(=O)Nc2ccc3c(c2)OCCO3)nc2c(-c3ccccc3)c[nH]c2c1=O. The van der Waals surface area contributed by atoms with Crippen molar-refractivity contribution in [2.45, 2.75) is 18.6 Å². The number of nitrogens with zero attached hydrogens (tertiary/aromatic N) is 2. The van der Waals surface area contributed by atoms with E-state index < -0.39 is 0 Å². The number of nitrogens with one attached hydrogen (secondary N) is 2. The molecular formula is C24H22N4O4S. The molecule has 168 valence electrons. The largest absolute Gasteiger partial charge is 0.486 e. The molecule has 2 N–H and O–H groups in total. The first-order chi connectivity index (χ1) is 16.1. The third-order valence-electron chi connectivity index (χ3n) is 5.31. The molecule has 33 heavy (non-hydrogen) atoms. The number of carbonyl (C=O) groups excluding carboxylic acids is 1. The van der Waals surface area contributed by atoms with Crippen LogP contribution in [0, 0.1) is 0 Å². The predicted molar refractivity (Wildman–Crippen MR) is 128 cm³/mol. The molecule has 0 atom stereocenters. The fourth-order valence-corrected chi connectivity index (χ4v) is 4.60. The summed E-state index contributed by atoms with van der Waals surface area (Å²) in [5.41, 5.74) is 3.36. The molecule has 0 fully saturated rings. The highest BCUT2D eigenvalue weighted by Gasteiger charge is 2.17. The van der Waals surface area contributed by atoms with E-state index in [1.54, 1.807) is 29.0 Å². The van der Waals surface area contributed by atoms with E-state index >= 15 is 0 Å². The minimum absolute atomic E-state index is 0.109. The Labute approximate surface area is 193 Å². The molecule has 2 aromatic heterocycles. The van der Waals surface area contributed by atoms with Gasteiger partial charge in [-0.2, -0.15) is 0 Å². The quantitative estimate of drug-likeness (QED) is 0.333. The average molecular weight is 463 g/mol. The van der Waals surface area contributed by atoms with Crippen LogP contribution in [0.25, 0.3) is 22.2 Å². The van der Waals surface area contributed by atoms with E-state index in [1.807, 2.05) is 37.3 Å². The topological polar surface area (TPSA) is 98.2 Å². The van der Waals surface area contributed by atoms with E-state index in [1.165, 1.54) is 11.8 Å². The summed E-state index contributed by atoms with van der Waals surface area (Å²) in [5.74, 6) is 1.18. The van der Waals surface area contributed by atoms with Crippen molar-refractivity contribution in [3.8, 4) is 22.6 Å². The molecule has 1 amide bonds. The Balaban J connectivity index is 1.38. The van der Waals surface area contributed by atoms with Crippen LogP contribution in [-0.4, -0.2) is 39.4 Å². The number of anilines is 1. The molecule has 2 aromatic carbocycles. The van der Waals surface area contributed by atoms with Crippen molar-refractivity contribution in [1.82, 2.24) is 14.5 Å². The molecule has 0 bridgehead atoms. The number of amides is 1. The van der Waals surface area contributed by atoms with Gasteiger partial charge in [-0.1, -0.05) is 42.1 Å². The van der Waals surface area contributed by atoms with Crippen LogP contribution in [-0.2, 0) is 11.3 Å². The van der Waals surface area contributed by atoms with Gasteiger partial charge in [0.1, 0.15) is 24.2 Å². The molecule has 0 spiro atoms. The van der Waals surface area contributed by atoms with E-state index in [0.29, 0.717) is 53.1 Å². The van der Waals surface area contributed by atoms with Gasteiger partial charge in [-0.15, -0.1) is 0 Å². The molecule has 5 rings (SSSR count). The standard InChI is InChI=1S/C24H22N4O4S/c1-2-28-23(30)22-21(17(13-25-22)15-6-4-3-5-7-15)27-24(28)33-14-20(29)26-16-8-9-18-19(12-16)32-11-10-31-18/h3-9,12-13,25H,2,10-11,14H2,1H3,(H,26,29). The van der Waals surface area contributed by atoms with Crippen molar-refractivity contribution in [3.05, 3.63) is 65.1 Å². The van der Waals surface area contributed by atoms with Gasteiger partial charge in [0.25, 0.3) is 5.56 Å². The maximum absolute atomic E-state index is 13.0. The lowest BCUT2D eigenvalue weighted by molar-refractivity contribution is -0.113. The van der Waals surface area contributed by atoms with Crippen LogP contribution in [0.4, 0.5) is 5.69 Å². The van der Waals surface area contributed by atoms with Crippen molar-refractivity contribution in [3.63, 3.8) is 0 Å². The monoisotopic (exact) mass is 462 g/mol. The van der Waals surface area contributed by atoms with Crippen LogP contribution in [0.1, 0.15) is 6.92 Å². The maximum atomic E-state index is 13.0. The molecular weight excluding hydrogens is 440 g/mol. The van der Waals surface area contributed by atoms with E-state index in [4.69, 9.17) is 14.5 Å². The zero-order chi connectivity index (χ0) is 22.8. The third-order valence-corrected chi connectivity index (χ3v) is 6.29. The molecule has 0 unspecified atom stereocenters. The molecule has 1 aliphatic heterocycles. The highest BCUT2D eigenvalue weighted by Crippen LogP contribution is 2.33. The fourth-order valence-electron chi connectivity index (χ4n) is 3.75. The average Bonchev–Trinajstić information content (AvgIpc) is 3.27. The number of fused-ring (bicyclic) bond motifs is 2. The Hall–Kier alpha value is -3.72. The molecule has 3 heterocycles. The van der Waals surface area contributed by atoms with Crippen molar-refractivity contribution in [2.75, 3.05) is 24.3 Å². The van der Waals surface area contributed by atoms with Crippen molar-refractivity contribution >= 4 is 34.4 Å². The molecule has 0 radical (unpaired) electrons. The number of rotatable bonds is 6. The minimum atomic E-state index is -0.203. The molecule has 4 aromatic rings. The smallest absolute Gasteiger partial charge is 0.278 e. The summed E-state index contributed by atoms with van der Waals surface area (Å²) in [6, 6.07) is 15.1. The highest BCUT2D eigenvalue weighted by atomic mass is 32.2. The number of carbonyl (C=O) groups is 1. The highest BCUT2D eigenvalue weighted by molar-refractivity contribution is 7.99. The number of hydrogen-bond donors (Lipinski definition) is 2. The maximum Gasteiger partial charge on any atom is 0.278 e. The number of ether oxygens (including phenoxy) is 2. The van der Waals surface area contributed by atoms with Gasteiger partial charge in [-0.3, -0.25) is 14.2 Å². The number of hydrogen-bond acceptors (Lipinski definition) is 6. The van der Waals surface area contributed by atoms with Crippen LogP contribution in [0.3, 0.4) is 0 Å². The van der Waals surface area contributed by atoms with Crippen LogP contribution >= 0.6 is 11.8 Å². The second-order valence-corrected chi connectivity index (χ2v) is 8.37. The van der Waals surface area contributed by atoms with Crippen molar-refractivity contribution in [2.24, 2.45) is 0 Å². The van der Waals surface area contributed by atoms with Gasteiger partial charge in [0.15, 0.2) is 16.7 Å². The lowest BCUT2D eigenvalue weighted by atomic mass is 10.1. The normalized spacial score (nSPS) is 12.6. The van der Waals surface area contributed by atoms with E-state index in [2.05, 4.69) is 10.3 Å². The van der Waals surface area contributed by atoms with Gasteiger partial charge in [-0.05, 0) is 24.6 Å². The second-order valence-electron chi connectivity index (χ2n) is 7.43. The number of thioether (sulfide) groups is 1. The van der Waals surface area contributed by atoms with Crippen LogP contribution < -0.4 is 20.3 Å².